The van der Waals surface area contributed by atoms with Crippen LogP contribution in [0.1, 0.15) is 16.1 Å². The van der Waals surface area contributed by atoms with Gasteiger partial charge in [-0.1, -0.05) is 28.9 Å². The van der Waals surface area contributed by atoms with Crippen LogP contribution in [0, 0.1) is 12.7 Å². The predicted octanol–water partition coefficient (Wildman–Crippen LogP) is 4.65. The molecule has 1 aromatic heterocycles. The molecule has 2 heterocycles. The number of benzene rings is 2. The molecule has 0 saturated carbocycles. The van der Waals surface area contributed by atoms with E-state index < -0.39 is 17.8 Å². The van der Waals surface area contributed by atoms with Crippen LogP contribution >= 0.6 is 11.6 Å². The second-order valence-electron chi connectivity index (χ2n) is 6.33. The lowest BCUT2D eigenvalue weighted by atomic mass is 10.0. The molecular weight excluding hydrogens is 401 g/mol. The standard InChI is InChI=1S/C20H15ClFN3O4/c1-11-16(18(24-29-11)17-14(21)6-3-7-15(17)22)19(26)23-12-4-2-5-13(10-12)25-8-9-28-20(25)27/h2-7,10H,8-9H2,1H3,(H,23,26). The number of hydrogen-bond acceptors (Lipinski definition) is 5. The third kappa shape index (κ3) is 3.54. The second kappa shape index (κ2) is 7.56. The molecule has 0 aliphatic carbocycles. The summed E-state index contributed by atoms with van der Waals surface area (Å²) in [7, 11) is 0. The minimum atomic E-state index is -0.616. The fraction of sp³-hybridized carbons (Fsp3) is 0.150. The molecule has 1 aliphatic rings. The van der Waals surface area contributed by atoms with E-state index in [0.717, 1.165) is 0 Å². The molecule has 3 aromatic rings. The zero-order chi connectivity index (χ0) is 20.5. The molecule has 4 rings (SSSR count). The van der Waals surface area contributed by atoms with Crippen molar-refractivity contribution in [1.82, 2.24) is 5.16 Å². The van der Waals surface area contributed by atoms with Crippen molar-refractivity contribution < 1.29 is 23.2 Å². The van der Waals surface area contributed by atoms with Crippen molar-refractivity contribution >= 4 is 35.0 Å². The van der Waals surface area contributed by atoms with Crippen LogP contribution in [-0.4, -0.2) is 30.3 Å². The number of nitrogens with zero attached hydrogens (tertiary/aromatic N) is 2. The van der Waals surface area contributed by atoms with Gasteiger partial charge in [0.1, 0.15) is 29.4 Å². The van der Waals surface area contributed by atoms with Gasteiger partial charge in [0.2, 0.25) is 0 Å². The summed E-state index contributed by atoms with van der Waals surface area (Å²) in [5.74, 6) is -0.940. The highest BCUT2D eigenvalue weighted by Crippen LogP contribution is 2.34. The number of carbonyl (C=O) groups is 2. The smallest absolute Gasteiger partial charge is 0.414 e. The van der Waals surface area contributed by atoms with Crippen LogP contribution in [-0.2, 0) is 4.74 Å². The average molecular weight is 416 g/mol. The van der Waals surface area contributed by atoms with E-state index in [-0.39, 0.29) is 27.6 Å². The summed E-state index contributed by atoms with van der Waals surface area (Å²) in [6.07, 6.45) is -0.445. The number of carbonyl (C=O) groups excluding carboxylic acids is 2. The summed E-state index contributed by atoms with van der Waals surface area (Å²) in [5, 5.41) is 6.67. The number of halogens is 2. The van der Waals surface area contributed by atoms with Crippen molar-refractivity contribution in [3.8, 4) is 11.3 Å². The van der Waals surface area contributed by atoms with Crippen molar-refractivity contribution in [2.75, 3.05) is 23.4 Å². The maximum absolute atomic E-state index is 14.3. The van der Waals surface area contributed by atoms with E-state index >= 15 is 0 Å². The van der Waals surface area contributed by atoms with Crippen molar-refractivity contribution in [2.24, 2.45) is 0 Å². The summed E-state index contributed by atoms with van der Waals surface area (Å²) in [5.41, 5.74) is 1.11. The highest BCUT2D eigenvalue weighted by atomic mass is 35.5. The van der Waals surface area contributed by atoms with E-state index in [1.807, 2.05) is 0 Å². The van der Waals surface area contributed by atoms with Crippen LogP contribution in [0.2, 0.25) is 5.02 Å². The Kier molecular flexibility index (Phi) is 4.94. The van der Waals surface area contributed by atoms with Gasteiger partial charge in [-0.3, -0.25) is 9.69 Å². The number of anilines is 2. The zero-order valence-electron chi connectivity index (χ0n) is 15.2. The van der Waals surface area contributed by atoms with Crippen molar-refractivity contribution in [2.45, 2.75) is 6.92 Å². The number of hydrogen-bond donors (Lipinski definition) is 1. The Morgan fingerprint density at radius 3 is 2.79 bits per heavy atom. The molecule has 1 N–H and O–H groups in total. The Labute approximate surface area is 170 Å². The van der Waals surface area contributed by atoms with E-state index in [9.17, 15) is 14.0 Å². The van der Waals surface area contributed by atoms with Gasteiger partial charge in [0.15, 0.2) is 0 Å². The number of ether oxygens (including phenoxy) is 1. The van der Waals surface area contributed by atoms with Gasteiger partial charge in [-0.05, 0) is 37.3 Å². The summed E-state index contributed by atoms with van der Waals surface area (Å²) in [6.45, 7) is 2.29. The number of amides is 2. The van der Waals surface area contributed by atoms with Crippen molar-refractivity contribution in [3.05, 3.63) is 64.6 Å². The van der Waals surface area contributed by atoms with E-state index in [1.165, 1.54) is 23.1 Å². The number of cyclic esters (lactones) is 1. The lowest BCUT2D eigenvalue weighted by molar-refractivity contribution is 0.102. The van der Waals surface area contributed by atoms with Gasteiger partial charge in [-0.2, -0.15) is 0 Å². The van der Waals surface area contributed by atoms with Crippen LogP contribution in [0.5, 0.6) is 0 Å². The van der Waals surface area contributed by atoms with E-state index in [1.54, 1.807) is 31.2 Å². The average Bonchev–Trinajstić information content (AvgIpc) is 3.27. The first kappa shape index (κ1) is 18.9. The molecule has 0 atom stereocenters. The van der Waals surface area contributed by atoms with Crippen LogP contribution in [0.3, 0.4) is 0 Å². The topological polar surface area (TPSA) is 84.7 Å². The molecule has 1 fully saturated rings. The van der Waals surface area contributed by atoms with Gasteiger partial charge < -0.3 is 14.6 Å². The molecule has 1 saturated heterocycles. The molecule has 0 spiro atoms. The molecule has 0 radical (unpaired) electrons. The third-order valence-electron chi connectivity index (χ3n) is 4.47. The summed E-state index contributed by atoms with van der Waals surface area (Å²) < 4.78 is 24.4. The fourth-order valence-corrected chi connectivity index (χ4v) is 3.36. The molecule has 148 valence electrons. The van der Waals surface area contributed by atoms with Crippen molar-refractivity contribution in [3.63, 3.8) is 0 Å². The van der Waals surface area contributed by atoms with Gasteiger partial charge in [0.05, 0.1) is 17.1 Å². The maximum atomic E-state index is 14.3. The molecule has 2 amide bonds. The molecule has 2 aromatic carbocycles. The Hall–Kier alpha value is -3.39. The lowest BCUT2D eigenvalue weighted by Gasteiger charge is -2.14. The van der Waals surface area contributed by atoms with Crippen LogP contribution in [0.15, 0.2) is 47.0 Å². The monoisotopic (exact) mass is 415 g/mol. The zero-order valence-corrected chi connectivity index (χ0v) is 16.0. The molecular formula is C20H15ClFN3O4. The predicted molar refractivity (Wildman–Crippen MR) is 105 cm³/mol. The molecule has 29 heavy (non-hydrogen) atoms. The highest BCUT2D eigenvalue weighted by molar-refractivity contribution is 6.33. The first-order valence-electron chi connectivity index (χ1n) is 8.72. The fourth-order valence-electron chi connectivity index (χ4n) is 3.11. The summed E-state index contributed by atoms with van der Waals surface area (Å²) >= 11 is 6.11. The number of aryl methyl sites for hydroxylation is 1. The van der Waals surface area contributed by atoms with Gasteiger partial charge in [-0.25, -0.2) is 9.18 Å². The van der Waals surface area contributed by atoms with Gasteiger partial charge in [0, 0.05) is 11.4 Å². The van der Waals surface area contributed by atoms with E-state index in [4.69, 9.17) is 20.9 Å². The Morgan fingerprint density at radius 2 is 2.07 bits per heavy atom. The number of nitrogens with one attached hydrogen (secondary N) is 1. The molecule has 1 aliphatic heterocycles. The first-order chi connectivity index (χ1) is 14.0. The summed E-state index contributed by atoms with van der Waals surface area (Å²) in [4.78, 5) is 26.1. The van der Waals surface area contributed by atoms with E-state index in [2.05, 4.69) is 10.5 Å². The van der Waals surface area contributed by atoms with Gasteiger partial charge >= 0.3 is 6.09 Å². The Morgan fingerprint density at radius 1 is 1.28 bits per heavy atom. The highest BCUT2D eigenvalue weighted by Gasteiger charge is 2.26. The van der Waals surface area contributed by atoms with Crippen LogP contribution in [0.25, 0.3) is 11.3 Å². The molecule has 0 unspecified atom stereocenters. The van der Waals surface area contributed by atoms with Crippen molar-refractivity contribution in [1.29, 1.82) is 0 Å². The minimum Gasteiger partial charge on any atom is -0.447 e. The van der Waals surface area contributed by atoms with Crippen LogP contribution in [0.4, 0.5) is 20.6 Å². The molecule has 9 heteroatoms. The number of rotatable bonds is 4. The second-order valence-corrected chi connectivity index (χ2v) is 6.74. The molecule has 7 nitrogen and oxygen atoms in total. The minimum absolute atomic E-state index is 0.00951. The number of aromatic nitrogens is 1. The van der Waals surface area contributed by atoms with Gasteiger partial charge in [-0.15, -0.1) is 0 Å². The normalized spacial score (nSPS) is 13.5. The largest absolute Gasteiger partial charge is 0.447 e. The Bertz CT molecular complexity index is 1090. The van der Waals surface area contributed by atoms with Crippen LogP contribution < -0.4 is 10.2 Å². The lowest BCUT2D eigenvalue weighted by Crippen LogP contribution is -2.23. The van der Waals surface area contributed by atoms with Gasteiger partial charge in [0.25, 0.3) is 5.91 Å². The molecule has 0 bridgehead atoms. The summed E-state index contributed by atoms with van der Waals surface area (Å²) in [6, 6.07) is 10.9. The SMILES string of the molecule is Cc1onc(-c2c(F)cccc2Cl)c1C(=O)Nc1cccc(N2CCOC2=O)c1. The first-order valence-corrected chi connectivity index (χ1v) is 9.10. The Balaban J connectivity index is 1.65. The quantitative estimate of drug-likeness (QED) is 0.670. The maximum Gasteiger partial charge on any atom is 0.414 e. The third-order valence-corrected chi connectivity index (χ3v) is 4.78. The van der Waals surface area contributed by atoms with E-state index in [0.29, 0.717) is 24.5 Å².